The molecule has 0 heterocycles. The van der Waals surface area contributed by atoms with Gasteiger partial charge in [-0.05, 0) is 53.0 Å². The zero-order valence-corrected chi connectivity index (χ0v) is 16.3. The summed E-state index contributed by atoms with van der Waals surface area (Å²) in [6.45, 7) is 2.14. The maximum atomic E-state index is 14.8. The molecule has 1 aliphatic rings. The smallest absolute Gasteiger partial charge is 0.166 e. The van der Waals surface area contributed by atoms with Gasteiger partial charge in [-0.25, -0.2) is 8.78 Å². The van der Waals surface area contributed by atoms with Gasteiger partial charge in [0, 0.05) is 5.56 Å². The summed E-state index contributed by atoms with van der Waals surface area (Å²) in [4.78, 5) is 0. The van der Waals surface area contributed by atoms with E-state index in [0.717, 1.165) is 43.2 Å². The van der Waals surface area contributed by atoms with Crippen LogP contribution in [0.5, 0.6) is 0 Å². The van der Waals surface area contributed by atoms with Crippen LogP contribution in [0.3, 0.4) is 0 Å². The number of halogens is 2. The number of aryl methyl sites for hydroxylation is 1. The molecule has 0 aromatic heterocycles. The Labute approximate surface area is 166 Å². The summed E-state index contributed by atoms with van der Waals surface area (Å²) in [6.07, 6.45) is 6.35. The highest BCUT2D eigenvalue weighted by atomic mass is 19.2. The van der Waals surface area contributed by atoms with Crippen molar-refractivity contribution < 1.29 is 8.78 Å². The van der Waals surface area contributed by atoms with Crippen LogP contribution in [0.15, 0.2) is 60.7 Å². The molecule has 0 saturated heterocycles. The number of hydrogen-bond donors (Lipinski definition) is 0. The van der Waals surface area contributed by atoms with Gasteiger partial charge in [-0.2, -0.15) is 0 Å². The summed E-state index contributed by atoms with van der Waals surface area (Å²) in [5.41, 5.74) is 5.10. The lowest BCUT2D eigenvalue weighted by Crippen LogP contribution is -2.08. The predicted octanol–water partition coefficient (Wildman–Crippen LogP) is 7.91. The number of rotatable bonds is 4. The highest BCUT2D eigenvalue weighted by molar-refractivity contribution is 5.71. The van der Waals surface area contributed by atoms with Crippen LogP contribution in [0.25, 0.3) is 22.3 Å². The summed E-state index contributed by atoms with van der Waals surface area (Å²) in [5, 5.41) is 0. The van der Waals surface area contributed by atoms with Crippen molar-refractivity contribution >= 4 is 0 Å². The van der Waals surface area contributed by atoms with Crippen molar-refractivity contribution in [1.29, 1.82) is 0 Å². The van der Waals surface area contributed by atoms with Gasteiger partial charge < -0.3 is 0 Å². The SMILES string of the molecule is CCc1ccc(-c2ccc(-c3ccc(C4CCCCC4)c(F)c3F)cc2)cc1. The number of benzene rings is 3. The summed E-state index contributed by atoms with van der Waals surface area (Å²) < 4.78 is 29.6. The van der Waals surface area contributed by atoms with Gasteiger partial charge >= 0.3 is 0 Å². The Morgan fingerprint density at radius 1 is 0.679 bits per heavy atom. The molecule has 0 N–H and O–H groups in total. The standard InChI is InChI=1S/C26H26F2/c1-2-18-8-10-19(11-9-18)20-12-14-22(15-13-20)24-17-16-23(25(27)26(24)28)21-6-4-3-5-7-21/h8-17,21H,2-7H2,1H3. The first-order chi connectivity index (χ1) is 13.7. The van der Waals surface area contributed by atoms with Crippen molar-refractivity contribution in [2.75, 3.05) is 0 Å². The zero-order chi connectivity index (χ0) is 19.5. The Kier molecular flexibility index (Phi) is 5.57. The lowest BCUT2D eigenvalue weighted by molar-refractivity contribution is 0.418. The van der Waals surface area contributed by atoms with Crippen LogP contribution < -0.4 is 0 Å². The van der Waals surface area contributed by atoms with Crippen molar-refractivity contribution in [3.63, 3.8) is 0 Å². The van der Waals surface area contributed by atoms with Crippen molar-refractivity contribution in [1.82, 2.24) is 0 Å². The molecule has 1 saturated carbocycles. The Hall–Kier alpha value is -2.48. The molecule has 3 aromatic carbocycles. The molecule has 28 heavy (non-hydrogen) atoms. The number of hydrogen-bond acceptors (Lipinski definition) is 0. The molecule has 0 spiro atoms. The molecule has 0 aliphatic heterocycles. The summed E-state index contributed by atoms with van der Waals surface area (Å²) in [6, 6.07) is 19.7. The third-order valence-corrected chi connectivity index (χ3v) is 6.05. The summed E-state index contributed by atoms with van der Waals surface area (Å²) in [5.74, 6) is -1.22. The van der Waals surface area contributed by atoms with E-state index in [2.05, 4.69) is 31.2 Å². The second-order valence-electron chi connectivity index (χ2n) is 7.79. The van der Waals surface area contributed by atoms with Crippen LogP contribution >= 0.6 is 0 Å². The molecular weight excluding hydrogens is 350 g/mol. The van der Waals surface area contributed by atoms with E-state index in [9.17, 15) is 8.78 Å². The average Bonchev–Trinajstić information content (AvgIpc) is 2.76. The molecule has 0 amide bonds. The Balaban J connectivity index is 1.60. The lowest BCUT2D eigenvalue weighted by Gasteiger charge is -2.23. The summed E-state index contributed by atoms with van der Waals surface area (Å²) in [7, 11) is 0. The first-order valence-corrected chi connectivity index (χ1v) is 10.3. The van der Waals surface area contributed by atoms with E-state index >= 15 is 0 Å². The van der Waals surface area contributed by atoms with Crippen molar-refractivity contribution in [2.45, 2.75) is 51.4 Å². The molecule has 0 radical (unpaired) electrons. The van der Waals surface area contributed by atoms with E-state index in [-0.39, 0.29) is 5.92 Å². The van der Waals surface area contributed by atoms with Gasteiger partial charge in [0.1, 0.15) is 0 Å². The fourth-order valence-electron chi connectivity index (χ4n) is 4.29. The maximum Gasteiger partial charge on any atom is 0.166 e. The minimum atomic E-state index is -0.719. The van der Waals surface area contributed by atoms with Gasteiger partial charge in [-0.15, -0.1) is 0 Å². The summed E-state index contributed by atoms with van der Waals surface area (Å²) >= 11 is 0. The van der Waals surface area contributed by atoms with Crippen molar-refractivity contribution in [3.05, 3.63) is 83.4 Å². The van der Waals surface area contributed by atoms with Crippen LogP contribution in [-0.2, 0) is 6.42 Å². The first kappa shape index (κ1) is 18.9. The van der Waals surface area contributed by atoms with Crippen LogP contribution in [0.4, 0.5) is 8.78 Å². The van der Waals surface area contributed by atoms with E-state index in [4.69, 9.17) is 0 Å². The van der Waals surface area contributed by atoms with Crippen LogP contribution in [0.2, 0.25) is 0 Å². The van der Waals surface area contributed by atoms with Gasteiger partial charge in [0.05, 0.1) is 0 Å². The Morgan fingerprint density at radius 2 is 1.25 bits per heavy atom. The molecule has 2 heteroatoms. The maximum absolute atomic E-state index is 14.8. The molecule has 3 aromatic rings. The lowest BCUT2D eigenvalue weighted by atomic mass is 9.83. The fraction of sp³-hybridized carbons (Fsp3) is 0.308. The van der Waals surface area contributed by atoms with Crippen LogP contribution in [-0.4, -0.2) is 0 Å². The van der Waals surface area contributed by atoms with Crippen LogP contribution in [0.1, 0.15) is 56.1 Å². The quantitative estimate of drug-likeness (QED) is 0.434. The van der Waals surface area contributed by atoms with E-state index < -0.39 is 11.6 Å². The zero-order valence-electron chi connectivity index (χ0n) is 16.3. The van der Waals surface area contributed by atoms with Gasteiger partial charge in [0.25, 0.3) is 0 Å². The highest BCUT2D eigenvalue weighted by Crippen LogP contribution is 2.37. The van der Waals surface area contributed by atoms with E-state index in [1.807, 2.05) is 24.3 Å². The highest BCUT2D eigenvalue weighted by Gasteiger charge is 2.22. The Morgan fingerprint density at radius 3 is 1.86 bits per heavy atom. The van der Waals surface area contributed by atoms with E-state index in [0.29, 0.717) is 16.7 Å². The van der Waals surface area contributed by atoms with E-state index in [1.165, 1.54) is 12.0 Å². The molecule has 0 unspecified atom stereocenters. The molecule has 4 rings (SSSR count). The average molecular weight is 376 g/mol. The van der Waals surface area contributed by atoms with Gasteiger partial charge in [0.15, 0.2) is 11.6 Å². The van der Waals surface area contributed by atoms with Crippen molar-refractivity contribution in [2.24, 2.45) is 0 Å². The van der Waals surface area contributed by atoms with Gasteiger partial charge in [0.2, 0.25) is 0 Å². The van der Waals surface area contributed by atoms with Gasteiger partial charge in [-0.1, -0.05) is 86.8 Å². The normalized spacial score (nSPS) is 15.0. The Bertz CT molecular complexity index is 933. The molecule has 1 aliphatic carbocycles. The largest absolute Gasteiger partial charge is 0.203 e. The molecule has 0 bridgehead atoms. The van der Waals surface area contributed by atoms with Gasteiger partial charge in [-0.3, -0.25) is 0 Å². The molecule has 144 valence electrons. The fourth-order valence-corrected chi connectivity index (χ4v) is 4.29. The molecule has 1 fully saturated rings. The van der Waals surface area contributed by atoms with Crippen molar-refractivity contribution in [3.8, 4) is 22.3 Å². The third kappa shape index (κ3) is 3.73. The first-order valence-electron chi connectivity index (χ1n) is 10.3. The minimum absolute atomic E-state index is 0.158. The predicted molar refractivity (Wildman–Crippen MR) is 112 cm³/mol. The second kappa shape index (κ2) is 8.26. The second-order valence-corrected chi connectivity index (χ2v) is 7.79. The molecule has 0 nitrogen and oxygen atoms in total. The third-order valence-electron chi connectivity index (χ3n) is 6.05. The van der Waals surface area contributed by atoms with E-state index in [1.54, 1.807) is 12.1 Å². The topological polar surface area (TPSA) is 0 Å². The molecule has 0 atom stereocenters. The monoisotopic (exact) mass is 376 g/mol. The minimum Gasteiger partial charge on any atom is -0.203 e. The van der Waals surface area contributed by atoms with Crippen LogP contribution in [0, 0.1) is 11.6 Å². The molecular formula is C26H26F2.